The van der Waals surface area contributed by atoms with E-state index >= 15 is 0 Å². The molecule has 0 heterocycles. The van der Waals surface area contributed by atoms with E-state index in [1.54, 1.807) is 26.8 Å². The van der Waals surface area contributed by atoms with Gasteiger partial charge in [0.25, 0.3) is 0 Å². The van der Waals surface area contributed by atoms with Crippen molar-refractivity contribution < 1.29 is 25.2 Å². The Labute approximate surface area is 118 Å². The van der Waals surface area contributed by atoms with Gasteiger partial charge in [-0.2, -0.15) is 0 Å². The Kier molecular flexibility index (Phi) is 4.91. The minimum Gasteiger partial charge on any atom is -0.478 e. The predicted octanol–water partition coefficient (Wildman–Crippen LogP) is 1.01. The lowest BCUT2D eigenvalue weighted by atomic mass is 9.63. The summed E-state index contributed by atoms with van der Waals surface area (Å²) in [5.74, 6) is -1.06. The molecule has 0 aromatic heterocycles. The highest BCUT2D eigenvalue weighted by molar-refractivity contribution is 5.81. The van der Waals surface area contributed by atoms with Gasteiger partial charge in [-0.3, -0.25) is 0 Å². The fourth-order valence-electron chi connectivity index (χ4n) is 2.58. The summed E-state index contributed by atoms with van der Waals surface area (Å²) in [5, 5.41) is 38.9. The average molecular weight is 282 g/mol. The van der Waals surface area contributed by atoms with Gasteiger partial charge in [-0.05, 0) is 37.5 Å². The van der Waals surface area contributed by atoms with Crippen LogP contribution in [-0.2, 0) is 4.79 Å². The van der Waals surface area contributed by atoms with Gasteiger partial charge in [-0.15, -0.1) is 0 Å². The van der Waals surface area contributed by atoms with Crippen LogP contribution in [0.15, 0.2) is 35.5 Å². The highest BCUT2D eigenvalue weighted by Crippen LogP contribution is 2.45. The number of rotatable bonds is 4. The van der Waals surface area contributed by atoms with E-state index in [9.17, 15) is 20.1 Å². The van der Waals surface area contributed by atoms with E-state index in [1.807, 2.05) is 0 Å². The second-order valence-electron chi connectivity index (χ2n) is 5.67. The predicted molar refractivity (Wildman–Crippen MR) is 75.1 cm³/mol. The van der Waals surface area contributed by atoms with E-state index in [1.165, 1.54) is 12.2 Å². The maximum Gasteiger partial charge on any atom is 0.328 e. The molecule has 0 bridgehead atoms. The Balaban J connectivity index is 3.19. The number of carboxylic acids is 1. The molecule has 20 heavy (non-hydrogen) atoms. The summed E-state index contributed by atoms with van der Waals surface area (Å²) in [6.07, 6.45) is 5.09. The van der Waals surface area contributed by atoms with E-state index in [-0.39, 0.29) is 13.0 Å². The SMILES string of the molecule is CC1=CC(O)CC(C)(CO)C1(O)/C=C/C(C)=C/C(=O)O. The average Bonchev–Trinajstić information content (AvgIpc) is 2.33. The zero-order chi connectivity index (χ0) is 15.6. The van der Waals surface area contributed by atoms with Crippen molar-refractivity contribution in [2.45, 2.75) is 38.9 Å². The van der Waals surface area contributed by atoms with E-state index < -0.39 is 23.1 Å². The minimum atomic E-state index is -1.42. The molecule has 0 spiro atoms. The molecule has 3 atom stereocenters. The van der Waals surface area contributed by atoms with Crippen molar-refractivity contribution in [2.75, 3.05) is 6.61 Å². The molecule has 1 aliphatic carbocycles. The van der Waals surface area contributed by atoms with E-state index in [4.69, 9.17) is 5.11 Å². The zero-order valence-corrected chi connectivity index (χ0v) is 12.0. The first-order chi connectivity index (χ1) is 9.14. The minimum absolute atomic E-state index is 0.226. The Hall–Kier alpha value is -1.43. The molecule has 0 fully saturated rings. The van der Waals surface area contributed by atoms with Gasteiger partial charge in [0.2, 0.25) is 0 Å². The molecule has 5 nitrogen and oxygen atoms in total. The molecule has 4 N–H and O–H groups in total. The molecule has 3 unspecified atom stereocenters. The number of aliphatic carboxylic acids is 1. The van der Waals surface area contributed by atoms with Crippen LogP contribution in [0.1, 0.15) is 27.2 Å². The molecule has 0 radical (unpaired) electrons. The molecule has 0 saturated carbocycles. The third-order valence-electron chi connectivity index (χ3n) is 3.91. The van der Waals surface area contributed by atoms with Crippen LogP contribution in [0.4, 0.5) is 0 Å². The summed E-state index contributed by atoms with van der Waals surface area (Å²) >= 11 is 0. The van der Waals surface area contributed by atoms with Crippen LogP contribution in [-0.4, -0.2) is 44.7 Å². The molecule has 0 aliphatic heterocycles. The number of aliphatic hydroxyl groups is 3. The van der Waals surface area contributed by atoms with Gasteiger partial charge in [-0.25, -0.2) is 4.79 Å². The van der Waals surface area contributed by atoms with Gasteiger partial charge < -0.3 is 20.4 Å². The second-order valence-corrected chi connectivity index (χ2v) is 5.67. The number of hydrogen-bond acceptors (Lipinski definition) is 4. The number of aliphatic hydroxyl groups excluding tert-OH is 2. The number of hydrogen-bond donors (Lipinski definition) is 4. The Morgan fingerprint density at radius 1 is 1.55 bits per heavy atom. The van der Waals surface area contributed by atoms with Crippen LogP contribution < -0.4 is 0 Å². The molecule has 112 valence electrons. The number of carboxylic acid groups (broad SMARTS) is 1. The molecule has 0 aromatic carbocycles. The van der Waals surface area contributed by atoms with Crippen molar-refractivity contribution in [3.05, 3.63) is 35.5 Å². The summed E-state index contributed by atoms with van der Waals surface area (Å²) in [5.41, 5.74) is -1.34. The van der Waals surface area contributed by atoms with Crippen molar-refractivity contribution in [2.24, 2.45) is 5.41 Å². The van der Waals surface area contributed by atoms with E-state index in [0.29, 0.717) is 11.1 Å². The van der Waals surface area contributed by atoms with Gasteiger partial charge in [0.05, 0.1) is 12.7 Å². The van der Waals surface area contributed by atoms with Gasteiger partial charge >= 0.3 is 5.97 Å². The maximum atomic E-state index is 10.9. The summed E-state index contributed by atoms with van der Waals surface area (Å²) in [4.78, 5) is 10.6. The monoisotopic (exact) mass is 282 g/mol. The van der Waals surface area contributed by atoms with Gasteiger partial charge in [0.1, 0.15) is 5.60 Å². The van der Waals surface area contributed by atoms with Gasteiger partial charge in [-0.1, -0.05) is 19.1 Å². The second kappa shape index (κ2) is 5.91. The molecule has 5 heteroatoms. The largest absolute Gasteiger partial charge is 0.478 e. The quantitative estimate of drug-likeness (QED) is 0.350. The maximum absolute atomic E-state index is 10.9. The van der Waals surface area contributed by atoms with Crippen molar-refractivity contribution >= 4 is 5.97 Å². The van der Waals surface area contributed by atoms with Crippen molar-refractivity contribution in [3.63, 3.8) is 0 Å². The fraction of sp³-hybridized carbons (Fsp3) is 0.533. The fourth-order valence-corrected chi connectivity index (χ4v) is 2.58. The lowest BCUT2D eigenvalue weighted by Gasteiger charge is -2.47. The van der Waals surface area contributed by atoms with E-state index in [2.05, 4.69) is 0 Å². The Morgan fingerprint density at radius 3 is 2.65 bits per heavy atom. The molecule has 0 aromatic rings. The van der Waals surface area contributed by atoms with Gasteiger partial charge in [0, 0.05) is 11.5 Å². The summed E-state index contributed by atoms with van der Waals surface area (Å²) in [6.45, 7) is 4.68. The zero-order valence-electron chi connectivity index (χ0n) is 12.0. The normalized spacial score (nSPS) is 35.2. The lowest BCUT2D eigenvalue weighted by molar-refractivity contribution is -0.131. The van der Waals surface area contributed by atoms with E-state index in [0.717, 1.165) is 6.08 Å². The molecule has 0 amide bonds. The van der Waals surface area contributed by atoms with Crippen molar-refractivity contribution in [1.82, 2.24) is 0 Å². The number of carbonyl (C=O) groups is 1. The topological polar surface area (TPSA) is 98.0 Å². The highest BCUT2D eigenvalue weighted by Gasteiger charge is 2.49. The standard InChI is InChI=1S/C15H22O5/c1-10(6-13(18)19)4-5-15(20)11(2)7-12(17)8-14(15,3)9-16/h4-7,12,16-17,20H,8-9H2,1-3H3,(H,18,19)/b5-4+,10-6+. The van der Waals surface area contributed by atoms with Crippen LogP contribution in [0.3, 0.4) is 0 Å². The molecular formula is C15H22O5. The summed E-state index contributed by atoms with van der Waals surface area (Å²) in [6, 6.07) is 0. The smallest absolute Gasteiger partial charge is 0.328 e. The highest BCUT2D eigenvalue weighted by atomic mass is 16.4. The van der Waals surface area contributed by atoms with Crippen molar-refractivity contribution in [1.29, 1.82) is 0 Å². The third-order valence-corrected chi connectivity index (χ3v) is 3.91. The first kappa shape index (κ1) is 16.6. The van der Waals surface area contributed by atoms with Crippen LogP contribution in [0.5, 0.6) is 0 Å². The van der Waals surface area contributed by atoms with Crippen LogP contribution >= 0.6 is 0 Å². The molecule has 1 aliphatic rings. The van der Waals surface area contributed by atoms with Crippen LogP contribution in [0.2, 0.25) is 0 Å². The summed E-state index contributed by atoms with van der Waals surface area (Å²) < 4.78 is 0. The van der Waals surface area contributed by atoms with Gasteiger partial charge in [0.15, 0.2) is 0 Å². The van der Waals surface area contributed by atoms with Crippen LogP contribution in [0.25, 0.3) is 0 Å². The summed E-state index contributed by atoms with van der Waals surface area (Å²) in [7, 11) is 0. The molecule has 1 rings (SSSR count). The van der Waals surface area contributed by atoms with Crippen LogP contribution in [0, 0.1) is 5.41 Å². The first-order valence-corrected chi connectivity index (χ1v) is 6.45. The number of allylic oxidation sites excluding steroid dienone is 2. The molecular weight excluding hydrogens is 260 g/mol. The molecule has 0 saturated heterocycles. The first-order valence-electron chi connectivity index (χ1n) is 6.45. The Morgan fingerprint density at radius 2 is 2.15 bits per heavy atom. The van der Waals surface area contributed by atoms with Crippen molar-refractivity contribution in [3.8, 4) is 0 Å². The Bertz CT molecular complexity index is 477. The lowest BCUT2D eigenvalue weighted by Crippen LogP contribution is -2.52. The third kappa shape index (κ3) is 3.17.